The van der Waals surface area contributed by atoms with E-state index < -0.39 is 0 Å². The maximum atomic E-state index is 12.3. The predicted molar refractivity (Wildman–Crippen MR) is 86.9 cm³/mol. The number of carbonyl (C=O) groups is 1. The summed E-state index contributed by atoms with van der Waals surface area (Å²) >= 11 is 0. The summed E-state index contributed by atoms with van der Waals surface area (Å²) in [5.41, 5.74) is 3.39. The van der Waals surface area contributed by atoms with Gasteiger partial charge in [-0.05, 0) is 36.6 Å². The molecule has 2 N–H and O–H groups in total. The number of rotatable bonds is 5. The Balaban J connectivity index is 2.14. The van der Waals surface area contributed by atoms with Crippen molar-refractivity contribution < 1.29 is 4.79 Å². The number of pyridine rings is 1. The van der Waals surface area contributed by atoms with Crippen molar-refractivity contribution >= 4 is 17.3 Å². The summed E-state index contributed by atoms with van der Waals surface area (Å²) in [6.07, 6.45) is 3.29. The molecule has 4 nitrogen and oxygen atoms in total. The third kappa shape index (κ3) is 3.81. The Labute approximate surface area is 125 Å². The summed E-state index contributed by atoms with van der Waals surface area (Å²) in [7, 11) is 0. The number of hydrogen-bond donors (Lipinski definition) is 2. The molecule has 2 rings (SSSR count). The average Bonchev–Trinajstić information content (AvgIpc) is 2.48. The van der Waals surface area contributed by atoms with Gasteiger partial charge in [0.15, 0.2) is 0 Å². The van der Waals surface area contributed by atoms with E-state index in [-0.39, 0.29) is 5.91 Å². The van der Waals surface area contributed by atoms with Crippen molar-refractivity contribution in [1.29, 1.82) is 0 Å². The van der Waals surface area contributed by atoms with Gasteiger partial charge in [0, 0.05) is 18.4 Å². The summed E-state index contributed by atoms with van der Waals surface area (Å²) < 4.78 is 0. The van der Waals surface area contributed by atoms with Gasteiger partial charge in [-0.1, -0.05) is 26.0 Å². The fraction of sp³-hybridized carbons (Fsp3) is 0.294. The van der Waals surface area contributed by atoms with Crippen molar-refractivity contribution in [3.8, 4) is 0 Å². The molecule has 1 amide bonds. The first-order valence-electron chi connectivity index (χ1n) is 7.21. The number of nitrogens with one attached hydrogen (secondary N) is 2. The second kappa shape index (κ2) is 6.88. The van der Waals surface area contributed by atoms with Gasteiger partial charge in [0.1, 0.15) is 0 Å². The lowest BCUT2D eigenvalue weighted by Crippen LogP contribution is -2.15. The molecule has 4 heteroatoms. The monoisotopic (exact) mass is 283 g/mol. The normalized spacial score (nSPS) is 10.5. The minimum absolute atomic E-state index is 0.134. The highest BCUT2D eigenvalue weighted by atomic mass is 16.1. The summed E-state index contributed by atoms with van der Waals surface area (Å²) in [6, 6.07) is 9.66. The first-order valence-corrected chi connectivity index (χ1v) is 7.21. The Hall–Kier alpha value is -2.36. The third-order valence-corrected chi connectivity index (χ3v) is 3.27. The van der Waals surface area contributed by atoms with Crippen LogP contribution in [0.5, 0.6) is 0 Å². The van der Waals surface area contributed by atoms with Crippen LogP contribution in [0.3, 0.4) is 0 Å². The molecule has 0 aliphatic rings. The van der Waals surface area contributed by atoms with Gasteiger partial charge >= 0.3 is 0 Å². The lowest BCUT2D eigenvalue weighted by molar-refractivity contribution is 0.102. The number of amides is 1. The highest BCUT2D eigenvalue weighted by Crippen LogP contribution is 2.19. The maximum absolute atomic E-state index is 12.3. The van der Waals surface area contributed by atoms with Gasteiger partial charge in [0.25, 0.3) is 5.91 Å². The molecule has 0 atom stereocenters. The van der Waals surface area contributed by atoms with Gasteiger partial charge in [-0.15, -0.1) is 0 Å². The van der Waals surface area contributed by atoms with E-state index in [0.717, 1.165) is 17.9 Å². The summed E-state index contributed by atoms with van der Waals surface area (Å²) in [6.45, 7) is 7.02. The Morgan fingerprint density at radius 3 is 2.52 bits per heavy atom. The Bertz CT molecular complexity index is 606. The lowest BCUT2D eigenvalue weighted by atomic mass is 10.0. The maximum Gasteiger partial charge on any atom is 0.257 e. The minimum atomic E-state index is -0.134. The summed E-state index contributed by atoms with van der Waals surface area (Å²) in [4.78, 5) is 16.4. The van der Waals surface area contributed by atoms with Crippen LogP contribution >= 0.6 is 0 Å². The van der Waals surface area contributed by atoms with Crippen LogP contribution in [0.2, 0.25) is 0 Å². The molecule has 0 radical (unpaired) electrons. The van der Waals surface area contributed by atoms with E-state index in [9.17, 15) is 4.79 Å². The van der Waals surface area contributed by atoms with Gasteiger partial charge in [0.05, 0.1) is 17.4 Å². The van der Waals surface area contributed by atoms with Crippen molar-refractivity contribution in [2.75, 3.05) is 17.2 Å². The van der Waals surface area contributed by atoms with E-state index in [2.05, 4.69) is 29.5 Å². The smallest absolute Gasteiger partial charge is 0.257 e. The van der Waals surface area contributed by atoms with Gasteiger partial charge < -0.3 is 10.6 Å². The number of benzene rings is 1. The molecule has 110 valence electrons. The van der Waals surface area contributed by atoms with Gasteiger partial charge in [-0.2, -0.15) is 0 Å². The van der Waals surface area contributed by atoms with E-state index in [1.54, 1.807) is 18.5 Å². The van der Waals surface area contributed by atoms with E-state index in [1.165, 1.54) is 5.56 Å². The molecule has 0 saturated carbocycles. The van der Waals surface area contributed by atoms with Crippen LogP contribution in [-0.2, 0) is 0 Å². The van der Waals surface area contributed by atoms with E-state index in [0.29, 0.717) is 11.5 Å². The first kappa shape index (κ1) is 15.0. The van der Waals surface area contributed by atoms with Crippen LogP contribution in [0.15, 0.2) is 42.7 Å². The molecule has 21 heavy (non-hydrogen) atoms. The molecular weight excluding hydrogens is 262 g/mol. The summed E-state index contributed by atoms with van der Waals surface area (Å²) in [5.74, 6) is 0.348. The molecule has 1 aromatic heterocycles. The fourth-order valence-electron chi connectivity index (χ4n) is 2.07. The van der Waals surface area contributed by atoms with Crippen molar-refractivity contribution in [3.63, 3.8) is 0 Å². The van der Waals surface area contributed by atoms with Crippen molar-refractivity contribution in [1.82, 2.24) is 4.98 Å². The zero-order valence-electron chi connectivity index (χ0n) is 12.7. The fourth-order valence-corrected chi connectivity index (χ4v) is 2.07. The molecule has 0 aliphatic carbocycles. The Kier molecular flexibility index (Phi) is 4.93. The highest BCUT2D eigenvalue weighted by molar-refractivity contribution is 6.07. The molecule has 0 saturated heterocycles. The second-order valence-corrected chi connectivity index (χ2v) is 5.18. The second-order valence-electron chi connectivity index (χ2n) is 5.18. The minimum Gasteiger partial charge on any atom is -0.383 e. The average molecular weight is 283 g/mol. The highest BCUT2D eigenvalue weighted by Gasteiger charge is 2.11. The molecule has 1 heterocycles. The third-order valence-electron chi connectivity index (χ3n) is 3.27. The van der Waals surface area contributed by atoms with Crippen molar-refractivity contribution in [2.24, 2.45) is 0 Å². The Morgan fingerprint density at radius 1 is 1.19 bits per heavy atom. The van der Waals surface area contributed by atoms with Crippen molar-refractivity contribution in [3.05, 3.63) is 53.9 Å². The largest absolute Gasteiger partial charge is 0.383 e. The first-order chi connectivity index (χ1) is 10.1. The quantitative estimate of drug-likeness (QED) is 0.875. The molecule has 0 aliphatic heterocycles. The van der Waals surface area contributed by atoms with E-state index in [1.807, 2.05) is 31.2 Å². The van der Waals surface area contributed by atoms with Crippen molar-refractivity contribution in [2.45, 2.75) is 26.7 Å². The van der Waals surface area contributed by atoms with Crippen LogP contribution in [0.4, 0.5) is 11.4 Å². The molecule has 0 spiro atoms. The van der Waals surface area contributed by atoms with Crippen LogP contribution in [-0.4, -0.2) is 17.4 Å². The molecule has 1 aromatic carbocycles. The Morgan fingerprint density at radius 2 is 1.90 bits per heavy atom. The molecular formula is C17H21N3O. The number of aromatic nitrogens is 1. The predicted octanol–water partition coefficient (Wildman–Crippen LogP) is 3.89. The van der Waals surface area contributed by atoms with Gasteiger partial charge in [-0.3, -0.25) is 9.78 Å². The molecule has 0 fully saturated rings. The van der Waals surface area contributed by atoms with Gasteiger partial charge in [0.2, 0.25) is 0 Å². The zero-order chi connectivity index (χ0) is 15.2. The molecule has 2 aromatic rings. The van der Waals surface area contributed by atoms with E-state index in [4.69, 9.17) is 0 Å². The number of nitrogens with zero attached hydrogens (tertiary/aromatic N) is 1. The number of carbonyl (C=O) groups excluding carboxylic acids is 1. The topological polar surface area (TPSA) is 54.0 Å². The van der Waals surface area contributed by atoms with Crippen LogP contribution in [0.1, 0.15) is 42.6 Å². The number of hydrogen-bond acceptors (Lipinski definition) is 3. The van der Waals surface area contributed by atoms with E-state index >= 15 is 0 Å². The van der Waals surface area contributed by atoms with Crippen LogP contribution in [0, 0.1) is 0 Å². The number of anilines is 2. The summed E-state index contributed by atoms with van der Waals surface area (Å²) in [5, 5.41) is 6.06. The standard InChI is InChI=1S/C17H21N3O/c1-4-19-16-11-18-10-9-15(16)17(21)20-14-7-5-13(6-8-14)12(2)3/h5-12,19H,4H2,1-3H3,(H,20,21). The van der Waals surface area contributed by atoms with Gasteiger partial charge in [-0.25, -0.2) is 0 Å². The molecule has 0 bridgehead atoms. The SMILES string of the molecule is CCNc1cnccc1C(=O)Nc1ccc(C(C)C)cc1. The lowest BCUT2D eigenvalue weighted by Gasteiger charge is -2.11. The zero-order valence-corrected chi connectivity index (χ0v) is 12.7. The van der Waals surface area contributed by atoms with Crippen LogP contribution in [0.25, 0.3) is 0 Å². The van der Waals surface area contributed by atoms with Crippen LogP contribution < -0.4 is 10.6 Å². The molecule has 0 unspecified atom stereocenters.